The predicted molar refractivity (Wildman–Crippen MR) is 76.1 cm³/mol. The number of carbonyl (C=O) groups excluding carboxylic acids is 3. The fourth-order valence-electron chi connectivity index (χ4n) is 1.01. The number of rotatable bonds is 5. The van der Waals surface area contributed by atoms with Crippen molar-refractivity contribution in [3.8, 4) is 0 Å². The van der Waals surface area contributed by atoms with E-state index >= 15 is 0 Å². The first-order chi connectivity index (χ1) is 9.33. The summed E-state index contributed by atoms with van der Waals surface area (Å²) in [5.74, 6) is -1.86. The molecule has 0 heterocycles. The molecule has 0 amide bonds. The van der Waals surface area contributed by atoms with Crippen molar-refractivity contribution in [3.05, 3.63) is 12.2 Å². The van der Waals surface area contributed by atoms with E-state index in [1.165, 1.54) is 0 Å². The Morgan fingerprint density at radius 1 is 0.952 bits per heavy atom. The van der Waals surface area contributed by atoms with E-state index in [-0.39, 0.29) is 12.0 Å². The molecular weight excluding hydrogens is 276 g/mol. The summed E-state index contributed by atoms with van der Waals surface area (Å²) in [5.41, 5.74) is -1.35. The van der Waals surface area contributed by atoms with E-state index in [1.54, 1.807) is 41.5 Å². The minimum Gasteiger partial charge on any atom is -0.457 e. The minimum absolute atomic E-state index is 0.0166. The summed E-state index contributed by atoms with van der Waals surface area (Å²) in [5, 5.41) is 0. The van der Waals surface area contributed by atoms with E-state index in [4.69, 9.17) is 14.2 Å². The molecule has 120 valence electrons. The van der Waals surface area contributed by atoms with E-state index in [0.717, 1.165) is 0 Å². The Hall–Kier alpha value is -1.85. The fourth-order valence-corrected chi connectivity index (χ4v) is 1.01. The number of ether oxygens (including phenoxy) is 3. The molecule has 0 aromatic rings. The van der Waals surface area contributed by atoms with Gasteiger partial charge >= 0.3 is 17.9 Å². The lowest BCUT2D eigenvalue weighted by atomic mass is 9.98. The summed E-state index contributed by atoms with van der Waals surface area (Å²) in [4.78, 5) is 34.5. The molecule has 0 aromatic heterocycles. The lowest BCUT2D eigenvalue weighted by molar-refractivity contribution is -0.173. The lowest BCUT2D eigenvalue weighted by Crippen LogP contribution is -2.26. The van der Waals surface area contributed by atoms with Gasteiger partial charge in [-0.3, -0.25) is 9.59 Å². The van der Waals surface area contributed by atoms with Gasteiger partial charge in [0.2, 0.25) is 6.79 Å². The van der Waals surface area contributed by atoms with E-state index in [2.05, 4.69) is 6.58 Å². The summed E-state index contributed by atoms with van der Waals surface area (Å²) < 4.78 is 14.5. The highest BCUT2D eigenvalue weighted by molar-refractivity contribution is 5.93. The molecular formula is C15H24O6. The molecule has 0 radical (unpaired) electrons. The van der Waals surface area contributed by atoms with Crippen molar-refractivity contribution in [3.63, 3.8) is 0 Å². The summed E-state index contributed by atoms with van der Waals surface area (Å²) in [7, 11) is 0. The Balaban J connectivity index is 4.13. The third-order valence-electron chi connectivity index (χ3n) is 2.07. The van der Waals surface area contributed by atoms with Gasteiger partial charge in [-0.1, -0.05) is 6.58 Å². The van der Waals surface area contributed by atoms with Crippen LogP contribution in [0.25, 0.3) is 0 Å². The minimum atomic E-state index is -0.715. The molecule has 0 rings (SSSR count). The van der Waals surface area contributed by atoms with Gasteiger partial charge in [0.15, 0.2) is 0 Å². The van der Waals surface area contributed by atoms with Crippen LogP contribution in [0.3, 0.4) is 0 Å². The van der Waals surface area contributed by atoms with E-state index in [1.807, 2.05) is 0 Å². The Kier molecular flexibility index (Phi) is 6.60. The van der Waals surface area contributed by atoms with Crippen LogP contribution in [-0.2, 0) is 28.6 Å². The third kappa shape index (κ3) is 8.83. The fraction of sp³-hybridized carbons (Fsp3) is 0.667. The largest absolute Gasteiger partial charge is 0.457 e. The van der Waals surface area contributed by atoms with Gasteiger partial charge in [0.25, 0.3) is 0 Å². The highest BCUT2D eigenvalue weighted by atomic mass is 16.7. The quantitative estimate of drug-likeness (QED) is 0.440. The van der Waals surface area contributed by atoms with Gasteiger partial charge in [-0.2, -0.15) is 0 Å². The van der Waals surface area contributed by atoms with Crippen LogP contribution in [-0.4, -0.2) is 30.3 Å². The number of hydrogen-bond donors (Lipinski definition) is 0. The van der Waals surface area contributed by atoms with Gasteiger partial charge in [0, 0.05) is 5.57 Å². The molecule has 0 saturated heterocycles. The van der Waals surface area contributed by atoms with Crippen molar-refractivity contribution >= 4 is 17.9 Å². The highest BCUT2D eigenvalue weighted by Crippen LogP contribution is 2.15. The molecule has 0 atom stereocenters. The zero-order valence-corrected chi connectivity index (χ0v) is 13.6. The monoisotopic (exact) mass is 300 g/mol. The molecule has 0 N–H and O–H groups in total. The molecule has 0 bridgehead atoms. The Labute approximate surface area is 125 Å². The average Bonchev–Trinajstić information content (AvgIpc) is 2.24. The molecule has 0 fully saturated rings. The Morgan fingerprint density at radius 2 is 1.48 bits per heavy atom. The van der Waals surface area contributed by atoms with Crippen LogP contribution in [0.2, 0.25) is 0 Å². The van der Waals surface area contributed by atoms with Gasteiger partial charge in [0.1, 0.15) is 5.60 Å². The first kappa shape index (κ1) is 19.1. The van der Waals surface area contributed by atoms with Crippen molar-refractivity contribution < 1.29 is 28.6 Å². The molecule has 0 aliphatic carbocycles. The molecule has 6 heteroatoms. The maximum absolute atomic E-state index is 11.6. The molecule has 0 spiro atoms. The van der Waals surface area contributed by atoms with Crippen molar-refractivity contribution in [2.24, 2.45) is 5.41 Å². The summed E-state index contributed by atoms with van der Waals surface area (Å²) in [6, 6.07) is 0. The first-order valence-corrected chi connectivity index (χ1v) is 6.57. The van der Waals surface area contributed by atoms with E-state index in [9.17, 15) is 14.4 Å². The second kappa shape index (κ2) is 7.24. The SMILES string of the molecule is C=C(CC(=O)OCOC(=O)C(C)(C)C)C(=O)OC(C)(C)C. The van der Waals surface area contributed by atoms with Crippen LogP contribution in [0.4, 0.5) is 0 Å². The van der Waals surface area contributed by atoms with Gasteiger partial charge in [-0.05, 0) is 41.5 Å². The summed E-state index contributed by atoms with van der Waals surface area (Å²) in [6.07, 6.45) is -0.317. The van der Waals surface area contributed by atoms with Gasteiger partial charge < -0.3 is 14.2 Å². The third-order valence-corrected chi connectivity index (χ3v) is 2.07. The number of hydrogen-bond acceptors (Lipinski definition) is 6. The van der Waals surface area contributed by atoms with Crippen LogP contribution in [0, 0.1) is 5.41 Å². The van der Waals surface area contributed by atoms with E-state index in [0.29, 0.717) is 0 Å². The highest BCUT2D eigenvalue weighted by Gasteiger charge is 2.24. The molecule has 0 aromatic carbocycles. The average molecular weight is 300 g/mol. The van der Waals surface area contributed by atoms with Gasteiger partial charge in [-0.15, -0.1) is 0 Å². The van der Waals surface area contributed by atoms with Crippen LogP contribution < -0.4 is 0 Å². The van der Waals surface area contributed by atoms with Crippen molar-refractivity contribution in [2.45, 2.75) is 53.6 Å². The van der Waals surface area contributed by atoms with Crippen molar-refractivity contribution in [1.29, 1.82) is 0 Å². The molecule has 0 saturated carbocycles. The number of esters is 3. The van der Waals surface area contributed by atoms with E-state index < -0.39 is 35.7 Å². The molecule has 0 aliphatic heterocycles. The molecule has 6 nitrogen and oxygen atoms in total. The molecule has 0 unspecified atom stereocenters. The van der Waals surface area contributed by atoms with Crippen LogP contribution in [0.1, 0.15) is 48.0 Å². The standard InChI is InChI=1S/C15H24O6/c1-10(12(17)21-15(5,6)7)8-11(16)19-9-20-13(18)14(2,3)4/h1,8-9H2,2-7H3. The van der Waals surface area contributed by atoms with Crippen LogP contribution >= 0.6 is 0 Å². The van der Waals surface area contributed by atoms with Gasteiger partial charge in [-0.25, -0.2) is 4.79 Å². The normalized spacial score (nSPS) is 11.5. The Bertz CT molecular complexity index is 422. The molecule has 21 heavy (non-hydrogen) atoms. The summed E-state index contributed by atoms with van der Waals surface area (Å²) in [6.45, 7) is 13.2. The van der Waals surface area contributed by atoms with Crippen LogP contribution in [0.15, 0.2) is 12.2 Å². The Morgan fingerprint density at radius 3 is 1.90 bits per heavy atom. The van der Waals surface area contributed by atoms with Gasteiger partial charge in [0.05, 0.1) is 11.8 Å². The maximum Gasteiger partial charge on any atom is 0.334 e. The maximum atomic E-state index is 11.6. The smallest absolute Gasteiger partial charge is 0.334 e. The van der Waals surface area contributed by atoms with Crippen molar-refractivity contribution in [1.82, 2.24) is 0 Å². The topological polar surface area (TPSA) is 78.9 Å². The zero-order chi connectivity index (χ0) is 16.8. The first-order valence-electron chi connectivity index (χ1n) is 6.57. The second-order valence-electron chi connectivity index (χ2n) is 6.60. The predicted octanol–water partition coefficient (Wildman–Crippen LogP) is 2.36. The lowest BCUT2D eigenvalue weighted by Gasteiger charge is -2.20. The zero-order valence-electron chi connectivity index (χ0n) is 13.6. The summed E-state index contributed by atoms with van der Waals surface area (Å²) >= 11 is 0. The van der Waals surface area contributed by atoms with Crippen LogP contribution in [0.5, 0.6) is 0 Å². The molecule has 0 aliphatic rings. The van der Waals surface area contributed by atoms with Crippen molar-refractivity contribution in [2.75, 3.05) is 6.79 Å². The second-order valence-corrected chi connectivity index (χ2v) is 6.60. The number of carbonyl (C=O) groups is 3.